The summed E-state index contributed by atoms with van der Waals surface area (Å²) >= 11 is 12.1. The maximum absolute atomic E-state index is 10.8. The summed E-state index contributed by atoms with van der Waals surface area (Å²) in [5, 5.41) is 10.9. The average molecular weight is 355 g/mol. The van der Waals surface area contributed by atoms with Crippen molar-refractivity contribution in [2.45, 2.75) is 18.8 Å². The number of nitro benzene ring substituents is 1. The molecule has 8 heteroatoms. The Labute approximate surface area is 142 Å². The number of non-ortho nitro benzene ring substituents is 1. The van der Waals surface area contributed by atoms with E-state index in [1.54, 1.807) is 7.11 Å². The molecule has 3 rings (SSSR count). The van der Waals surface area contributed by atoms with Crippen LogP contribution in [0.5, 0.6) is 17.4 Å². The average Bonchev–Trinajstić information content (AvgIpc) is 3.35. The fraction of sp³-hybridized carbons (Fsp3) is 0.267. The Morgan fingerprint density at radius 1 is 1.26 bits per heavy atom. The Balaban J connectivity index is 1.93. The Kier molecular flexibility index (Phi) is 4.28. The number of nitrogens with zero attached hydrogens (tertiary/aromatic N) is 2. The minimum atomic E-state index is -0.568. The number of rotatable bonds is 5. The van der Waals surface area contributed by atoms with Crippen LogP contribution in [-0.2, 0) is 0 Å². The summed E-state index contributed by atoms with van der Waals surface area (Å²) in [6.07, 6.45) is 3.67. The molecule has 0 spiro atoms. The van der Waals surface area contributed by atoms with Crippen LogP contribution in [0.2, 0.25) is 10.0 Å². The summed E-state index contributed by atoms with van der Waals surface area (Å²) in [6.45, 7) is 0. The van der Waals surface area contributed by atoms with Gasteiger partial charge in [-0.25, -0.2) is 4.98 Å². The molecule has 0 saturated heterocycles. The van der Waals surface area contributed by atoms with Crippen LogP contribution in [0.15, 0.2) is 24.4 Å². The van der Waals surface area contributed by atoms with Crippen LogP contribution in [0.3, 0.4) is 0 Å². The number of benzene rings is 1. The molecule has 6 nitrogen and oxygen atoms in total. The predicted molar refractivity (Wildman–Crippen MR) is 86.0 cm³/mol. The summed E-state index contributed by atoms with van der Waals surface area (Å²) in [4.78, 5) is 14.4. The molecule has 0 N–H and O–H groups in total. The van der Waals surface area contributed by atoms with Gasteiger partial charge in [0.05, 0.1) is 28.3 Å². The third kappa shape index (κ3) is 3.33. The molecule has 0 bridgehead atoms. The lowest BCUT2D eigenvalue weighted by molar-refractivity contribution is -0.384. The first-order valence-corrected chi connectivity index (χ1v) is 7.60. The third-order valence-corrected chi connectivity index (χ3v) is 4.04. The zero-order valence-corrected chi connectivity index (χ0v) is 13.6. The number of aromatic nitrogens is 1. The Bertz CT molecular complexity index is 755. The molecule has 0 aliphatic heterocycles. The lowest BCUT2D eigenvalue weighted by atomic mass is 10.2. The van der Waals surface area contributed by atoms with Gasteiger partial charge in [-0.15, -0.1) is 0 Å². The topological polar surface area (TPSA) is 74.5 Å². The molecule has 0 unspecified atom stereocenters. The van der Waals surface area contributed by atoms with E-state index in [2.05, 4.69) is 4.98 Å². The highest BCUT2D eigenvalue weighted by atomic mass is 35.5. The van der Waals surface area contributed by atoms with Crippen molar-refractivity contribution in [3.8, 4) is 17.4 Å². The van der Waals surface area contributed by atoms with Gasteiger partial charge in [0.15, 0.2) is 5.75 Å². The fourth-order valence-electron chi connectivity index (χ4n) is 2.23. The van der Waals surface area contributed by atoms with E-state index in [1.165, 1.54) is 18.3 Å². The number of nitro groups is 1. The van der Waals surface area contributed by atoms with E-state index < -0.39 is 4.92 Å². The molecule has 2 aromatic rings. The van der Waals surface area contributed by atoms with Gasteiger partial charge < -0.3 is 9.47 Å². The summed E-state index contributed by atoms with van der Waals surface area (Å²) in [6, 6.07) is 4.22. The van der Waals surface area contributed by atoms with Crippen LogP contribution in [0, 0.1) is 10.1 Å². The van der Waals surface area contributed by atoms with E-state index in [9.17, 15) is 10.1 Å². The van der Waals surface area contributed by atoms with Crippen LogP contribution in [0.4, 0.5) is 5.69 Å². The zero-order valence-electron chi connectivity index (χ0n) is 12.1. The Morgan fingerprint density at radius 3 is 2.43 bits per heavy atom. The van der Waals surface area contributed by atoms with Crippen molar-refractivity contribution in [3.05, 3.63) is 50.1 Å². The fourth-order valence-corrected chi connectivity index (χ4v) is 2.78. The monoisotopic (exact) mass is 354 g/mol. The second kappa shape index (κ2) is 6.22. The van der Waals surface area contributed by atoms with Crippen LogP contribution in [0.25, 0.3) is 0 Å². The lowest BCUT2D eigenvalue weighted by Crippen LogP contribution is -1.96. The molecule has 1 aromatic heterocycles. The van der Waals surface area contributed by atoms with Gasteiger partial charge in [0, 0.05) is 17.7 Å². The highest BCUT2D eigenvalue weighted by molar-refractivity contribution is 6.37. The SMILES string of the molecule is COc1ncc(Oc2c(Cl)cc([N+](=O)[O-])cc2Cl)cc1C1CC1. The van der Waals surface area contributed by atoms with Crippen LogP contribution >= 0.6 is 23.2 Å². The number of hydrogen-bond donors (Lipinski definition) is 0. The van der Waals surface area contributed by atoms with Crippen molar-refractivity contribution in [2.75, 3.05) is 7.11 Å². The van der Waals surface area contributed by atoms with Crippen LogP contribution in [-0.4, -0.2) is 17.0 Å². The third-order valence-electron chi connectivity index (χ3n) is 3.48. The molecule has 1 heterocycles. The number of ether oxygens (including phenoxy) is 2. The minimum absolute atomic E-state index is 0.0630. The van der Waals surface area contributed by atoms with Crippen molar-refractivity contribution in [3.63, 3.8) is 0 Å². The first kappa shape index (κ1) is 15.8. The first-order valence-electron chi connectivity index (χ1n) is 6.85. The molecule has 0 amide bonds. The van der Waals surface area contributed by atoms with E-state index in [0.717, 1.165) is 18.4 Å². The van der Waals surface area contributed by atoms with Crippen molar-refractivity contribution >= 4 is 28.9 Å². The molecule has 0 radical (unpaired) electrons. The van der Waals surface area contributed by atoms with E-state index in [-0.39, 0.29) is 21.5 Å². The first-order chi connectivity index (χ1) is 11.0. The minimum Gasteiger partial charge on any atom is -0.481 e. The normalized spacial score (nSPS) is 13.7. The van der Waals surface area contributed by atoms with Crippen molar-refractivity contribution in [1.29, 1.82) is 0 Å². The van der Waals surface area contributed by atoms with Crippen molar-refractivity contribution in [2.24, 2.45) is 0 Å². The Hall–Kier alpha value is -2.05. The lowest BCUT2D eigenvalue weighted by Gasteiger charge is -2.12. The van der Waals surface area contributed by atoms with Gasteiger partial charge in [-0.05, 0) is 24.8 Å². The van der Waals surface area contributed by atoms with Gasteiger partial charge >= 0.3 is 0 Å². The molecular weight excluding hydrogens is 343 g/mol. The summed E-state index contributed by atoms with van der Waals surface area (Å²) in [5.74, 6) is 1.60. The van der Waals surface area contributed by atoms with Crippen LogP contribution < -0.4 is 9.47 Å². The second-order valence-electron chi connectivity index (χ2n) is 5.14. The smallest absolute Gasteiger partial charge is 0.272 e. The van der Waals surface area contributed by atoms with Gasteiger partial charge in [-0.2, -0.15) is 0 Å². The van der Waals surface area contributed by atoms with E-state index in [1.807, 2.05) is 6.07 Å². The predicted octanol–water partition coefficient (Wildman–Crippen LogP) is 4.97. The molecule has 1 aliphatic carbocycles. The van der Waals surface area contributed by atoms with Gasteiger partial charge in [-0.1, -0.05) is 23.2 Å². The second-order valence-corrected chi connectivity index (χ2v) is 5.96. The molecule has 120 valence electrons. The molecule has 1 fully saturated rings. The number of hydrogen-bond acceptors (Lipinski definition) is 5. The van der Waals surface area contributed by atoms with Gasteiger partial charge in [-0.3, -0.25) is 10.1 Å². The zero-order chi connectivity index (χ0) is 16.6. The highest BCUT2D eigenvalue weighted by Gasteiger charge is 2.28. The van der Waals surface area contributed by atoms with Gasteiger partial charge in [0.25, 0.3) is 5.69 Å². The number of methoxy groups -OCH3 is 1. The summed E-state index contributed by atoms with van der Waals surface area (Å²) in [5.41, 5.74) is 0.776. The maximum atomic E-state index is 10.8. The summed E-state index contributed by atoms with van der Waals surface area (Å²) in [7, 11) is 1.57. The summed E-state index contributed by atoms with van der Waals surface area (Å²) < 4.78 is 10.9. The van der Waals surface area contributed by atoms with Crippen molar-refractivity contribution in [1.82, 2.24) is 4.98 Å². The van der Waals surface area contributed by atoms with Gasteiger partial charge in [0.1, 0.15) is 5.75 Å². The molecular formula is C15H12Cl2N2O4. The van der Waals surface area contributed by atoms with Gasteiger partial charge in [0.2, 0.25) is 5.88 Å². The quantitative estimate of drug-likeness (QED) is 0.559. The highest BCUT2D eigenvalue weighted by Crippen LogP contribution is 2.46. The Morgan fingerprint density at radius 2 is 1.91 bits per heavy atom. The maximum Gasteiger partial charge on any atom is 0.272 e. The standard InChI is InChI=1S/C15H12Cl2N2O4/c1-22-15-11(8-2-3-8)6-10(7-18-15)23-14-12(16)4-9(19(20)21)5-13(14)17/h4-8H,2-3H2,1H3. The molecule has 23 heavy (non-hydrogen) atoms. The largest absolute Gasteiger partial charge is 0.481 e. The molecule has 1 aromatic carbocycles. The molecule has 0 atom stereocenters. The number of pyridine rings is 1. The molecule has 1 aliphatic rings. The van der Waals surface area contributed by atoms with E-state index >= 15 is 0 Å². The van der Waals surface area contributed by atoms with E-state index in [0.29, 0.717) is 17.5 Å². The van der Waals surface area contributed by atoms with Crippen molar-refractivity contribution < 1.29 is 14.4 Å². The van der Waals surface area contributed by atoms with Crippen LogP contribution in [0.1, 0.15) is 24.3 Å². The number of halogens is 2. The van der Waals surface area contributed by atoms with E-state index in [4.69, 9.17) is 32.7 Å². The molecule has 1 saturated carbocycles.